The van der Waals surface area contributed by atoms with E-state index in [1.807, 2.05) is 48.5 Å². The van der Waals surface area contributed by atoms with Crippen LogP contribution in [0.3, 0.4) is 0 Å². The number of rotatable bonds is 3. The number of aromatic nitrogens is 2. The first-order valence-corrected chi connectivity index (χ1v) is 7.30. The average Bonchev–Trinajstić information content (AvgIpc) is 3.06. The summed E-state index contributed by atoms with van der Waals surface area (Å²) >= 11 is 0. The van der Waals surface area contributed by atoms with Crippen molar-refractivity contribution in [2.24, 2.45) is 0 Å². The number of para-hydroxylation sites is 1. The van der Waals surface area contributed by atoms with Crippen LogP contribution in [0.15, 0.2) is 77.7 Å². The molecule has 2 heterocycles. The lowest BCUT2D eigenvalue weighted by Gasteiger charge is -2.12. The molecular formula is C19H13FN2O. The van der Waals surface area contributed by atoms with Gasteiger partial charge in [-0.2, -0.15) is 0 Å². The monoisotopic (exact) mass is 304 g/mol. The van der Waals surface area contributed by atoms with Gasteiger partial charge in [-0.15, -0.1) is 0 Å². The fourth-order valence-electron chi connectivity index (χ4n) is 2.68. The highest BCUT2D eigenvalue weighted by Gasteiger charge is 2.19. The van der Waals surface area contributed by atoms with Crippen LogP contribution in [-0.2, 0) is 0 Å². The van der Waals surface area contributed by atoms with Gasteiger partial charge in [0, 0.05) is 34.5 Å². The molecule has 23 heavy (non-hydrogen) atoms. The van der Waals surface area contributed by atoms with E-state index in [0.29, 0.717) is 16.9 Å². The van der Waals surface area contributed by atoms with E-state index >= 15 is 0 Å². The van der Waals surface area contributed by atoms with Crippen LogP contribution in [0.4, 0.5) is 4.39 Å². The summed E-state index contributed by atoms with van der Waals surface area (Å²) in [6, 6.07) is 17.0. The van der Waals surface area contributed by atoms with Gasteiger partial charge in [0.15, 0.2) is 6.17 Å². The Bertz CT molecular complexity index is 917. The Balaban J connectivity index is 1.84. The number of halogens is 1. The first kappa shape index (κ1) is 13.6. The highest BCUT2D eigenvalue weighted by molar-refractivity contribution is 5.83. The molecule has 0 amide bonds. The summed E-state index contributed by atoms with van der Waals surface area (Å²) in [4.78, 5) is 7.79. The van der Waals surface area contributed by atoms with Crippen molar-refractivity contribution in [3.05, 3.63) is 84.4 Å². The van der Waals surface area contributed by atoms with Crippen LogP contribution in [-0.4, -0.2) is 9.97 Å². The molecule has 0 aliphatic carbocycles. The van der Waals surface area contributed by atoms with Crippen LogP contribution in [0.5, 0.6) is 0 Å². The lowest BCUT2D eigenvalue weighted by molar-refractivity contribution is 0.400. The fourth-order valence-corrected chi connectivity index (χ4v) is 2.68. The van der Waals surface area contributed by atoms with Crippen molar-refractivity contribution in [3.8, 4) is 11.3 Å². The first-order valence-electron chi connectivity index (χ1n) is 7.30. The van der Waals surface area contributed by atoms with Gasteiger partial charge in [-0.25, -0.2) is 14.4 Å². The van der Waals surface area contributed by atoms with Crippen molar-refractivity contribution in [1.82, 2.24) is 9.97 Å². The Kier molecular flexibility index (Phi) is 3.35. The van der Waals surface area contributed by atoms with Crippen molar-refractivity contribution in [2.45, 2.75) is 6.17 Å². The minimum absolute atomic E-state index is 0.427. The van der Waals surface area contributed by atoms with E-state index < -0.39 is 6.17 Å². The Labute approximate surface area is 132 Å². The van der Waals surface area contributed by atoms with Crippen molar-refractivity contribution >= 4 is 11.0 Å². The summed E-state index contributed by atoms with van der Waals surface area (Å²) in [7, 11) is 0. The Morgan fingerprint density at radius 3 is 2.48 bits per heavy atom. The highest BCUT2D eigenvalue weighted by atomic mass is 19.1. The normalized spacial score (nSPS) is 12.4. The molecule has 1 unspecified atom stereocenters. The molecule has 0 radical (unpaired) electrons. The number of nitrogens with zero attached hydrogens (tertiary/aromatic N) is 2. The first-order chi connectivity index (χ1) is 11.3. The molecule has 4 heteroatoms. The largest absolute Gasteiger partial charge is 0.456 e. The number of fused-ring (bicyclic) bond motifs is 1. The Morgan fingerprint density at radius 2 is 1.65 bits per heavy atom. The van der Waals surface area contributed by atoms with Crippen LogP contribution in [0.1, 0.15) is 17.3 Å². The molecule has 4 rings (SSSR count). The molecule has 0 spiro atoms. The van der Waals surface area contributed by atoms with Gasteiger partial charge in [0.05, 0.1) is 0 Å². The number of furan rings is 1. The molecule has 1 atom stereocenters. The van der Waals surface area contributed by atoms with Crippen LogP contribution in [0.2, 0.25) is 0 Å². The third-order valence-electron chi connectivity index (χ3n) is 3.80. The third kappa shape index (κ3) is 2.48. The van der Waals surface area contributed by atoms with E-state index in [1.54, 1.807) is 6.07 Å². The maximum absolute atomic E-state index is 14.9. The van der Waals surface area contributed by atoms with Gasteiger partial charge >= 0.3 is 0 Å². The predicted octanol–water partition coefficient (Wildman–Crippen LogP) is 4.95. The van der Waals surface area contributed by atoms with Crippen LogP contribution >= 0.6 is 0 Å². The lowest BCUT2D eigenvalue weighted by atomic mass is 9.98. The van der Waals surface area contributed by atoms with Crippen LogP contribution < -0.4 is 0 Å². The summed E-state index contributed by atoms with van der Waals surface area (Å²) in [6.07, 6.45) is 3.07. The zero-order valence-electron chi connectivity index (χ0n) is 12.2. The van der Waals surface area contributed by atoms with Crippen molar-refractivity contribution in [1.29, 1.82) is 0 Å². The van der Waals surface area contributed by atoms with E-state index in [1.165, 1.54) is 18.7 Å². The molecule has 3 nitrogen and oxygen atoms in total. The second kappa shape index (κ2) is 5.65. The Morgan fingerprint density at radius 1 is 0.913 bits per heavy atom. The van der Waals surface area contributed by atoms with Crippen molar-refractivity contribution in [2.75, 3.05) is 0 Å². The maximum atomic E-state index is 14.9. The molecule has 2 aromatic carbocycles. The minimum Gasteiger partial charge on any atom is -0.456 e. The van der Waals surface area contributed by atoms with Crippen LogP contribution in [0, 0.1) is 0 Å². The SMILES string of the molecule is FC(c1cncnc1)c1ccccc1-c1cc2ccccc2o1. The predicted molar refractivity (Wildman–Crippen MR) is 86.6 cm³/mol. The van der Waals surface area contributed by atoms with E-state index in [4.69, 9.17) is 4.42 Å². The average molecular weight is 304 g/mol. The van der Waals surface area contributed by atoms with Crippen molar-refractivity contribution in [3.63, 3.8) is 0 Å². The number of alkyl halides is 1. The van der Waals surface area contributed by atoms with Gasteiger partial charge in [0.2, 0.25) is 0 Å². The zero-order valence-corrected chi connectivity index (χ0v) is 12.2. The summed E-state index contributed by atoms with van der Waals surface area (Å²) in [5.74, 6) is 0.654. The number of hydrogen-bond donors (Lipinski definition) is 0. The number of hydrogen-bond acceptors (Lipinski definition) is 3. The standard InChI is InChI=1S/C19H13FN2O/c20-19(14-10-21-12-22-11-14)16-7-3-2-6-15(16)18-9-13-5-1-4-8-17(13)23-18/h1-12,19H. The minimum atomic E-state index is -1.30. The fraction of sp³-hybridized carbons (Fsp3) is 0.0526. The molecule has 2 aromatic heterocycles. The molecule has 0 aliphatic heterocycles. The Hall–Kier alpha value is -3.01. The van der Waals surface area contributed by atoms with Gasteiger partial charge in [-0.1, -0.05) is 42.5 Å². The van der Waals surface area contributed by atoms with Gasteiger partial charge in [-0.3, -0.25) is 0 Å². The number of benzene rings is 2. The second-order valence-electron chi connectivity index (χ2n) is 5.27. The molecule has 0 N–H and O–H groups in total. The molecule has 0 saturated carbocycles. The summed E-state index contributed by atoms with van der Waals surface area (Å²) in [5.41, 5.74) is 2.49. The van der Waals surface area contributed by atoms with E-state index in [0.717, 1.165) is 16.5 Å². The second-order valence-corrected chi connectivity index (χ2v) is 5.27. The summed E-state index contributed by atoms with van der Waals surface area (Å²) in [6.45, 7) is 0. The van der Waals surface area contributed by atoms with Gasteiger partial charge in [-0.05, 0) is 12.1 Å². The maximum Gasteiger partial charge on any atom is 0.154 e. The van der Waals surface area contributed by atoms with Gasteiger partial charge < -0.3 is 4.42 Å². The highest BCUT2D eigenvalue weighted by Crippen LogP contribution is 2.36. The van der Waals surface area contributed by atoms with Crippen molar-refractivity contribution < 1.29 is 8.81 Å². The third-order valence-corrected chi connectivity index (χ3v) is 3.80. The smallest absolute Gasteiger partial charge is 0.154 e. The van der Waals surface area contributed by atoms with E-state index in [2.05, 4.69) is 9.97 Å². The quantitative estimate of drug-likeness (QED) is 0.537. The molecule has 0 fully saturated rings. The van der Waals surface area contributed by atoms with Gasteiger partial charge in [0.1, 0.15) is 17.7 Å². The van der Waals surface area contributed by atoms with Crippen LogP contribution in [0.25, 0.3) is 22.3 Å². The molecular weight excluding hydrogens is 291 g/mol. The topological polar surface area (TPSA) is 38.9 Å². The molecule has 0 bridgehead atoms. The molecule has 0 saturated heterocycles. The summed E-state index contributed by atoms with van der Waals surface area (Å²) in [5, 5.41) is 0.996. The molecule has 4 aromatic rings. The molecule has 112 valence electrons. The summed E-state index contributed by atoms with van der Waals surface area (Å²) < 4.78 is 20.8. The molecule has 0 aliphatic rings. The van der Waals surface area contributed by atoms with Gasteiger partial charge in [0.25, 0.3) is 0 Å². The zero-order chi connectivity index (χ0) is 15.6. The van der Waals surface area contributed by atoms with E-state index in [-0.39, 0.29) is 0 Å². The van der Waals surface area contributed by atoms with E-state index in [9.17, 15) is 4.39 Å². The lowest BCUT2D eigenvalue weighted by Crippen LogP contribution is -1.98.